The maximum absolute atomic E-state index is 14.5. The first-order chi connectivity index (χ1) is 16.7. The second kappa shape index (κ2) is 9.64. The van der Waals surface area contributed by atoms with Gasteiger partial charge >= 0.3 is 0 Å². The minimum Gasteiger partial charge on any atom is -0.372 e. The Labute approximate surface area is 195 Å². The molecule has 0 saturated heterocycles. The van der Waals surface area contributed by atoms with Gasteiger partial charge in [-0.15, -0.1) is 5.10 Å². The zero-order valence-electron chi connectivity index (χ0n) is 18.2. The number of rotatable bonds is 7. The van der Waals surface area contributed by atoms with E-state index in [4.69, 9.17) is 4.74 Å². The highest BCUT2D eigenvalue weighted by molar-refractivity contribution is 6.05. The number of H-pyrrole nitrogens is 1. The third-order valence-electron chi connectivity index (χ3n) is 5.46. The van der Waals surface area contributed by atoms with E-state index >= 15 is 0 Å². The lowest BCUT2D eigenvalue weighted by Crippen LogP contribution is -2.14. The van der Waals surface area contributed by atoms with Crippen molar-refractivity contribution in [1.82, 2.24) is 15.4 Å². The molecule has 0 bridgehead atoms. The van der Waals surface area contributed by atoms with Crippen LogP contribution in [0.5, 0.6) is 0 Å². The molecule has 0 aliphatic heterocycles. The fourth-order valence-electron chi connectivity index (χ4n) is 3.65. The number of halogens is 1. The number of aromatic amines is 1. The molecule has 34 heavy (non-hydrogen) atoms. The number of nitrogens with zero attached hydrogens (tertiary/aromatic N) is 2. The number of hydrogen-bond acceptors (Lipinski definition) is 4. The van der Waals surface area contributed by atoms with Gasteiger partial charge in [-0.2, -0.15) is 0 Å². The summed E-state index contributed by atoms with van der Waals surface area (Å²) in [6, 6.07) is 27.3. The van der Waals surface area contributed by atoms with E-state index in [2.05, 4.69) is 20.7 Å². The van der Waals surface area contributed by atoms with E-state index in [0.717, 1.165) is 27.7 Å². The van der Waals surface area contributed by atoms with Crippen LogP contribution in [0.25, 0.3) is 22.2 Å². The van der Waals surface area contributed by atoms with Gasteiger partial charge in [0.2, 0.25) is 0 Å². The van der Waals surface area contributed by atoms with Crippen LogP contribution in [0.4, 0.5) is 10.1 Å². The topological polar surface area (TPSA) is 79.9 Å². The van der Waals surface area contributed by atoms with Crippen LogP contribution < -0.4 is 5.32 Å². The molecule has 1 heterocycles. The van der Waals surface area contributed by atoms with Crippen molar-refractivity contribution in [3.05, 3.63) is 114 Å². The fourth-order valence-corrected chi connectivity index (χ4v) is 3.65. The molecule has 0 atom stereocenters. The highest BCUT2D eigenvalue weighted by Gasteiger charge is 2.14. The van der Waals surface area contributed by atoms with Crippen molar-refractivity contribution in [2.75, 3.05) is 5.32 Å². The first-order valence-electron chi connectivity index (χ1n) is 10.8. The Morgan fingerprint density at radius 3 is 2.35 bits per heavy atom. The summed E-state index contributed by atoms with van der Waals surface area (Å²) < 4.78 is 20.2. The molecule has 0 aliphatic carbocycles. The Hall–Kier alpha value is -4.36. The van der Waals surface area contributed by atoms with Crippen LogP contribution >= 0.6 is 0 Å². The van der Waals surface area contributed by atoms with Gasteiger partial charge in [0.25, 0.3) is 5.91 Å². The van der Waals surface area contributed by atoms with Gasteiger partial charge in [0, 0.05) is 5.69 Å². The number of amides is 1. The van der Waals surface area contributed by atoms with Crippen LogP contribution in [0.3, 0.4) is 0 Å². The molecule has 7 heteroatoms. The van der Waals surface area contributed by atoms with Gasteiger partial charge in [0.15, 0.2) is 0 Å². The van der Waals surface area contributed by atoms with Gasteiger partial charge in [0.1, 0.15) is 11.3 Å². The number of carbonyl (C=O) groups excluding carboxylic acids is 1. The standard InChI is InChI=1S/C27H21FN4O2/c28-24-12-8-20(21-9-13-25-26(15-21)31-32-30-25)14-23(24)27(33)29-22-10-6-19(7-11-22)17-34-16-18-4-2-1-3-5-18/h1-15H,16-17H2,(H,29,33)(H,30,31,32). The number of fused-ring (bicyclic) bond motifs is 1. The molecule has 1 amide bonds. The Morgan fingerprint density at radius 1 is 0.853 bits per heavy atom. The average Bonchev–Trinajstić information content (AvgIpc) is 3.34. The lowest BCUT2D eigenvalue weighted by Gasteiger charge is -2.10. The summed E-state index contributed by atoms with van der Waals surface area (Å²) in [5, 5.41) is 13.3. The van der Waals surface area contributed by atoms with Crippen molar-refractivity contribution >= 4 is 22.6 Å². The maximum Gasteiger partial charge on any atom is 0.258 e. The van der Waals surface area contributed by atoms with E-state index in [9.17, 15) is 9.18 Å². The van der Waals surface area contributed by atoms with E-state index in [1.54, 1.807) is 24.3 Å². The first-order valence-corrected chi connectivity index (χ1v) is 10.8. The van der Waals surface area contributed by atoms with Crippen molar-refractivity contribution < 1.29 is 13.9 Å². The summed E-state index contributed by atoms with van der Waals surface area (Å²) in [6.45, 7) is 0.981. The van der Waals surface area contributed by atoms with Crippen LogP contribution in [0, 0.1) is 5.82 Å². The van der Waals surface area contributed by atoms with E-state index < -0.39 is 11.7 Å². The van der Waals surface area contributed by atoms with Crippen molar-refractivity contribution in [2.24, 2.45) is 0 Å². The Bertz CT molecular complexity index is 1430. The normalized spacial score (nSPS) is 11.0. The van der Waals surface area contributed by atoms with Crippen LogP contribution in [-0.4, -0.2) is 21.3 Å². The van der Waals surface area contributed by atoms with Crippen molar-refractivity contribution in [2.45, 2.75) is 13.2 Å². The van der Waals surface area contributed by atoms with Crippen molar-refractivity contribution in [3.63, 3.8) is 0 Å². The number of hydrogen-bond donors (Lipinski definition) is 2. The molecule has 0 fully saturated rings. The third-order valence-corrected chi connectivity index (χ3v) is 5.46. The third kappa shape index (κ3) is 4.84. The predicted octanol–water partition coefficient (Wildman–Crippen LogP) is 5.73. The minimum absolute atomic E-state index is 0.0318. The fraction of sp³-hybridized carbons (Fsp3) is 0.0741. The average molecular weight is 452 g/mol. The Balaban J connectivity index is 1.25. The Kier molecular flexibility index (Phi) is 6.09. The molecule has 0 spiro atoms. The van der Waals surface area contributed by atoms with Gasteiger partial charge < -0.3 is 10.1 Å². The lowest BCUT2D eigenvalue weighted by molar-refractivity contribution is 0.102. The summed E-state index contributed by atoms with van der Waals surface area (Å²) in [5.74, 6) is -1.10. The number of nitrogens with one attached hydrogen (secondary N) is 2. The smallest absolute Gasteiger partial charge is 0.258 e. The van der Waals surface area contributed by atoms with Gasteiger partial charge in [-0.3, -0.25) is 9.89 Å². The Morgan fingerprint density at radius 2 is 1.56 bits per heavy atom. The first kappa shape index (κ1) is 21.5. The summed E-state index contributed by atoms with van der Waals surface area (Å²) in [4.78, 5) is 12.8. The van der Waals surface area contributed by atoms with E-state index in [1.165, 1.54) is 6.07 Å². The molecule has 168 valence electrons. The van der Waals surface area contributed by atoms with Gasteiger partial charge in [-0.25, -0.2) is 4.39 Å². The monoisotopic (exact) mass is 452 g/mol. The summed E-state index contributed by atoms with van der Waals surface area (Å²) in [7, 11) is 0. The van der Waals surface area contributed by atoms with Crippen molar-refractivity contribution in [3.8, 4) is 11.1 Å². The molecule has 0 radical (unpaired) electrons. The zero-order chi connectivity index (χ0) is 23.3. The summed E-state index contributed by atoms with van der Waals surface area (Å²) in [6.07, 6.45) is 0. The molecule has 4 aromatic carbocycles. The number of aromatic nitrogens is 3. The molecule has 1 aromatic heterocycles. The quantitative estimate of drug-likeness (QED) is 0.330. The van der Waals surface area contributed by atoms with E-state index in [0.29, 0.717) is 24.5 Å². The van der Waals surface area contributed by atoms with Crippen molar-refractivity contribution in [1.29, 1.82) is 0 Å². The van der Waals surface area contributed by atoms with Crippen LogP contribution in [0.15, 0.2) is 91.0 Å². The zero-order valence-corrected chi connectivity index (χ0v) is 18.2. The highest BCUT2D eigenvalue weighted by Crippen LogP contribution is 2.25. The van der Waals surface area contributed by atoms with E-state index in [-0.39, 0.29) is 5.56 Å². The molecular formula is C27H21FN4O2. The summed E-state index contributed by atoms with van der Waals surface area (Å²) in [5.41, 5.74) is 5.67. The highest BCUT2D eigenvalue weighted by atomic mass is 19.1. The molecule has 0 unspecified atom stereocenters. The van der Waals surface area contributed by atoms with E-state index in [1.807, 2.05) is 60.7 Å². The maximum atomic E-state index is 14.5. The van der Waals surface area contributed by atoms with Gasteiger partial charge in [-0.05, 0) is 58.7 Å². The van der Waals surface area contributed by atoms with Gasteiger partial charge in [-0.1, -0.05) is 59.8 Å². The van der Waals surface area contributed by atoms with Crippen LogP contribution in [-0.2, 0) is 18.0 Å². The molecule has 5 aromatic rings. The number of ether oxygens (including phenoxy) is 1. The number of anilines is 1. The second-order valence-electron chi connectivity index (χ2n) is 7.87. The molecule has 6 nitrogen and oxygen atoms in total. The lowest BCUT2D eigenvalue weighted by atomic mass is 10.0. The van der Waals surface area contributed by atoms with Gasteiger partial charge in [0.05, 0.1) is 24.3 Å². The number of benzene rings is 4. The number of carbonyl (C=O) groups is 1. The molecular weight excluding hydrogens is 431 g/mol. The molecule has 5 rings (SSSR count). The van der Waals surface area contributed by atoms with Crippen LogP contribution in [0.2, 0.25) is 0 Å². The SMILES string of the molecule is O=C(Nc1ccc(COCc2ccccc2)cc1)c1cc(-c2ccc3nn[nH]c3c2)ccc1F. The predicted molar refractivity (Wildman–Crippen MR) is 129 cm³/mol. The molecule has 0 saturated carbocycles. The molecule has 0 aliphatic rings. The van der Waals surface area contributed by atoms with Crippen LogP contribution in [0.1, 0.15) is 21.5 Å². The summed E-state index contributed by atoms with van der Waals surface area (Å²) >= 11 is 0. The molecule has 2 N–H and O–H groups in total. The second-order valence-corrected chi connectivity index (χ2v) is 7.87. The largest absolute Gasteiger partial charge is 0.372 e. The minimum atomic E-state index is -0.587.